The number of aromatic nitrogens is 1. The van der Waals surface area contributed by atoms with Crippen molar-refractivity contribution in [1.29, 1.82) is 0 Å². The van der Waals surface area contributed by atoms with Gasteiger partial charge >= 0.3 is 0 Å². The van der Waals surface area contributed by atoms with Crippen LogP contribution >= 0.6 is 31.9 Å². The minimum atomic E-state index is 0.422. The molecule has 1 aromatic heterocycles. The van der Waals surface area contributed by atoms with Gasteiger partial charge in [0.15, 0.2) is 0 Å². The highest BCUT2D eigenvalue weighted by atomic mass is 79.9. The largest absolute Gasteiger partial charge is 0.496 e. The van der Waals surface area contributed by atoms with Crippen molar-refractivity contribution < 1.29 is 9.47 Å². The Kier molecular flexibility index (Phi) is 5.39. The topological polar surface area (TPSA) is 57.4 Å². The Hall–Kier alpha value is -1.11. The Morgan fingerprint density at radius 3 is 2.55 bits per heavy atom. The monoisotopic (exact) mass is 400 g/mol. The summed E-state index contributed by atoms with van der Waals surface area (Å²) in [5, 5.41) is 0. The summed E-state index contributed by atoms with van der Waals surface area (Å²) in [6.07, 6.45) is 1.74. The number of hydrogen-bond acceptors (Lipinski definition) is 4. The van der Waals surface area contributed by atoms with Gasteiger partial charge in [0.2, 0.25) is 0 Å². The van der Waals surface area contributed by atoms with Crippen molar-refractivity contribution in [3.8, 4) is 11.5 Å². The summed E-state index contributed by atoms with van der Waals surface area (Å²) in [7, 11) is 1.62. The van der Waals surface area contributed by atoms with E-state index in [1.165, 1.54) is 0 Å². The van der Waals surface area contributed by atoms with Crippen LogP contribution in [0.3, 0.4) is 0 Å². The van der Waals surface area contributed by atoms with Gasteiger partial charge in [-0.2, -0.15) is 0 Å². The fourth-order valence-corrected chi connectivity index (χ4v) is 2.59. The summed E-state index contributed by atoms with van der Waals surface area (Å²) in [5.41, 5.74) is 7.45. The highest BCUT2D eigenvalue weighted by Gasteiger charge is 2.08. The maximum Gasteiger partial charge on any atom is 0.135 e. The number of rotatable bonds is 5. The standard InChI is InChI=1S/C14H14Br2N2O2/c1-19-13-5-12(16)14(6-11(13)15)20-8-9-2-3-18-10(4-9)7-17/h2-6H,7-8,17H2,1H3. The molecule has 6 heteroatoms. The van der Waals surface area contributed by atoms with E-state index in [-0.39, 0.29) is 0 Å². The van der Waals surface area contributed by atoms with Gasteiger partial charge in [-0.15, -0.1) is 0 Å². The van der Waals surface area contributed by atoms with Gasteiger partial charge in [-0.25, -0.2) is 0 Å². The molecule has 0 bridgehead atoms. The lowest BCUT2D eigenvalue weighted by molar-refractivity contribution is 0.303. The fourth-order valence-electron chi connectivity index (χ4n) is 1.67. The van der Waals surface area contributed by atoms with Crippen LogP contribution in [0.15, 0.2) is 39.4 Å². The van der Waals surface area contributed by atoms with Crippen LogP contribution in [-0.4, -0.2) is 12.1 Å². The van der Waals surface area contributed by atoms with Crippen molar-refractivity contribution in [3.63, 3.8) is 0 Å². The summed E-state index contributed by atoms with van der Waals surface area (Å²) in [6.45, 7) is 0.874. The molecule has 0 aliphatic carbocycles. The van der Waals surface area contributed by atoms with E-state index in [1.54, 1.807) is 13.3 Å². The van der Waals surface area contributed by atoms with Crippen LogP contribution in [-0.2, 0) is 13.2 Å². The predicted octanol–water partition coefficient (Wildman–Crippen LogP) is 3.65. The molecular weight excluding hydrogens is 388 g/mol. The molecule has 4 nitrogen and oxygen atoms in total. The molecular formula is C14H14Br2N2O2. The molecule has 0 amide bonds. The molecule has 0 unspecified atom stereocenters. The Morgan fingerprint density at radius 2 is 1.85 bits per heavy atom. The molecule has 106 valence electrons. The summed E-state index contributed by atoms with van der Waals surface area (Å²) in [4.78, 5) is 4.15. The van der Waals surface area contributed by atoms with Crippen LogP contribution in [0.2, 0.25) is 0 Å². The van der Waals surface area contributed by atoms with Crippen molar-refractivity contribution in [2.24, 2.45) is 5.73 Å². The van der Waals surface area contributed by atoms with Crippen molar-refractivity contribution in [3.05, 3.63) is 50.7 Å². The molecule has 0 saturated heterocycles. The zero-order valence-corrected chi connectivity index (χ0v) is 14.1. The molecule has 0 spiro atoms. The zero-order chi connectivity index (χ0) is 14.5. The maximum absolute atomic E-state index is 5.80. The summed E-state index contributed by atoms with van der Waals surface area (Å²) in [5.74, 6) is 1.49. The third-order valence-electron chi connectivity index (χ3n) is 2.69. The quantitative estimate of drug-likeness (QED) is 0.830. The Labute approximate surface area is 134 Å². The molecule has 0 saturated carbocycles. The molecule has 0 fully saturated rings. The number of hydrogen-bond donors (Lipinski definition) is 1. The summed E-state index contributed by atoms with van der Waals surface area (Å²) in [6, 6.07) is 7.57. The molecule has 0 aliphatic heterocycles. The molecule has 20 heavy (non-hydrogen) atoms. The van der Waals surface area contributed by atoms with E-state index in [1.807, 2.05) is 24.3 Å². The second kappa shape index (κ2) is 7.06. The van der Waals surface area contributed by atoms with Crippen LogP contribution in [0.5, 0.6) is 11.5 Å². The predicted molar refractivity (Wildman–Crippen MR) is 84.9 cm³/mol. The lowest BCUT2D eigenvalue weighted by Gasteiger charge is -2.11. The van der Waals surface area contributed by atoms with E-state index in [0.29, 0.717) is 13.2 Å². The second-order valence-electron chi connectivity index (χ2n) is 4.07. The molecule has 0 aliphatic rings. The average Bonchev–Trinajstić information content (AvgIpc) is 2.48. The number of benzene rings is 1. The van der Waals surface area contributed by atoms with E-state index in [9.17, 15) is 0 Å². The zero-order valence-electron chi connectivity index (χ0n) is 10.9. The van der Waals surface area contributed by atoms with Gasteiger partial charge in [-0.3, -0.25) is 4.98 Å². The summed E-state index contributed by atoms with van der Waals surface area (Å²) < 4.78 is 12.7. The second-order valence-corrected chi connectivity index (χ2v) is 5.77. The molecule has 2 N–H and O–H groups in total. The Balaban J connectivity index is 2.12. The molecule has 0 atom stereocenters. The normalized spacial score (nSPS) is 10.4. The Morgan fingerprint density at radius 1 is 1.15 bits per heavy atom. The summed E-state index contributed by atoms with van der Waals surface area (Å²) >= 11 is 6.90. The number of nitrogens with two attached hydrogens (primary N) is 1. The van der Waals surface area contributed by atoms with E-state index >= 15 is 0 Å². The molecule has 0 radical (unpaired) electrons. The van der Waals surface area contributed by atoms with Crippen LogP contribution in [0.25, 0.3) is 0 Å². The number of methoxy groups -OCH3 is 1. The smallest absolute Gasteiger partial charge is 0.135 e. The number of pyridine rings is 1. The molecule has 1 heterocycles. The van der Waals surface area contributed by atoms with Crippen molar-refractivity contribution in [1.82, 2.24) is 4.98 Å². The van der Waals surface area contributed by atoms with Crippen LogP contribution in [0, 0.1) is 0 Å². The van der Waals surface area contributed by atoms with Gasteiger partial charge in [0.1, 0.15) is 18.1 Å². The molecule has 1 aromatic carbocycles. The number of nitrogens with zero attached hydrogens (tertiary/aromatic N) is 1. The average molecular weight is 402 g/mol. The van der Waals surface area contributed by atoms with Gasteiger partial charge in [0.05, 0.1) is 21.7 Å². The van der Waals surface area contributed by atoms with E-state index < -0.39 is 0 Å². The lowest BCUT2D eigenvalue weighted by atomic mass is 10.2. The minimum Gasteiger partial charge on any atom is -0.496 e. The van der Waals surface area contributed by atoms with Gasteiger partial charge in [-0.05, 0) is 61.7 Å². The number of halogens is 2. The van der Waals surface area contributed by atoms with Gasteiger partial charge in [0, 0.05) is 12.7 Å². The van der Waals surface area contributed by atoms with Crippen molar-refractivity contribution >= 4 is 31.9 Å². The molecule has 2 aromatic rings. The Bertz CT molecular complexity index is 606. The third kappa shape index (κ3) is 3.71. The highest BCUT2D eigenvalue weighted by Crippen LogP contribution is 2.36. The molecule has 2 rings (SSSR count). The minimum absolute atomic E-state index is 0.422. The van der Waals surface area contributed by atoms with Crippen molar-refractivity contribution in [2.45, 2.75) is 13.2 Å². The first kappa shape index (κ1) is 15.3. The maximum atomic E-state index is 5.80. The SMILES string of the molecule is COc1cc(Br)c(OCc2ccnc(CN)c2)cc1Br. The van der Waals surface area contributed by atoms with Crippen LogP contribution in [0.4, 0.5) is 0 Å². The van der Waals surface area contributed by atoms with Crippen molar-refractivity contribution in [2.75, 3.05) is 7.11 Å². The van der Waals surface area contributed by atoms with E-state index in [4.69, 9.17) is 15.2 Å². The van der Waals surface area contributed by atoms with E-state index in [2.05, 4.69) is 36.8 Å². The first-order valence-corrected chi connectivity index (χ1v) is 7.52. The lowest BCUT2D eigenvalue weighted by Crippen LogP contribution is -2.02. The van der Waals surface area contributed by atoms with Gasteiger partial charge < -0.3 is 15.2 Å². The van der Waals surface area contributed by atoms with E-state index in [0.717, 1.165) is 31.7 Å². The first-order chi connectivity index (χ1) is 9.63. The van der Waals surface area contributed by atoms with Crippen LogP contribution < -0.4 is 15.2 Å². The third-order valence-corrected chi connectivity index (χ3v) is 3.93. The van der Waals surface area contributed by atoms with Gasteiger partial charge in [0.25, 0.3) is 0 Å². The first-order valence-electron chi connectivity index (χ1n) is 5.93. The highest BCUT2D eigenvalue weighted by molar-refractivity contribution is 9.11. The van der Waals surface area contributed by atoms with Crippen LogP contribution in [0.1, 0.15) is 11.3 Å². The van der Waals surface area contributed by atoms with Gasteiger partial charge in [-0.1, -0.05) is 0 Å². The fraction of sp³-hybridized carbons (Fsp3) is 0.214. The number of ether oxygens (including phenoxy) is 2.